The minimum Gasteiger partial charge on any atom is -0.480 e. The van der Waals surface area contributed by atoms with E-state index < -0.39 is 11.8 Å². The lowest BCUT2D eigenvalue weighted by atomic mass is 10.2. The summed E-state index contributed by atoms with van der Waals surface area (Å²) in [6, 6.07) is 4.32. The molecule has 6 heteroatoms. The Labute approximate surface area is 88.9 Å². The van der Waals surface area contributed by atoms with E-state index in [4.69, 9.17) is 16.7 Å². The second kappa shape index (κ2) is 3.51. The van der Waals surface area contributed by atoms with Crippen LogP contribution in [-0.4, -0.2) is 20.9 Å². The summed E-state index contributed by atoms with van der Waals surface area (Å²) in [6.07, 6.45) is 0. The van der Waals surface area contributed by atoms with E-state index in [1.807, 2.05) is 0 Å². The zero-order valence-corrected chi connectivity index (χ0v) is 8.20. The van der Waals surface area contributed by atoms with Crippen molar-refractivity contribution in [1.82, 2.24) is 9.78 Å². The molecule has 0 spiro atoms. The first kappa shape index (κ1) is 9.92. The van der Waals surface area contributed by atoms with Crippen LogP contribution in [0.15, 0.2) is 18.2 Å². The van der Waals surface area contributed by atoms with Crippen LogP contribution in [0.3, 0.4) is 0 Å². The highest BCUT2D eigenvalue weighted by Crippen LogP contribution is 2.25. The molecule has 0 unspecified atom stereocenters. The van der Waals surface area contributed by atoms with Crippen molar-refractivity contribution in [2.24, 2.45) is 0 Å². The molecule has 0 atom stereocenters. The topological polar surface area (TPSA) is 55.1 Å². The third-order valence-corrected chi connectivity index (χ3v) is 2.32. The number of hydrogen-bond donors (Lipinski definition) is 1. The molecule has 4 nitrogen and oxygen atoms in total. The number of aliphatic carboxylic acids is 1. The maximum absolute atomic E-state index is 13.3. The maximum Gasteiger partial charge on any atom is 0.325 e. The van der Waals surface area contributed by atoms with Crippen LogP contribution in [0.1, 0.15) is 0 Å². The summed E-state index contributed by atoms with van der Waals surface area (Å²) in [4.78, 5) is 10.5. The van der Waals surface area contributed by atoms with Crippen LogP contribution in [-0.2, 0) is 11.3 Å². The van der Waals surface area contributed by atoms with Gasteiger partial charge in [0.15, 0.2) is 0 Å². The number of carboxylic acids is 1. The van der Waals surface area contributed by atoms with Gasteiger partial charge in [0, 0.05) is 0 Å². The van der Waals surface area contributed by atoms with Crippen LogP contribution in [0.25, 0.3) is 10.9 Å². The van der Waals surface area contributed by atoms with Crippen LogP contribution in [0.2, 0.25) is 5.15 Å². The van der Waals surface area contributed by atoms with Gasteiger partial charge in [0.2, 0.25) is 0 Å². The van der Waals surface area contributed by atoms with E-state index in [1.54, 1.807) is 6.07 Å². The monoisotopic (exact) mass is 228 g/mol. The van der Waals surface area contributed by atoms with Gasteiger partial charge in [0.25, 0.3) is 0 Å². The Morgan fingerprint density at radius 3 is 2.93 bits per heavy atom. The molecule has 0 amide bonds. The van der Waals surface area contributed by atoms with Gasteiger partial charge in [-0.15, -0.1) is 0 Å². The third kappa shape index (κ3) is 1.66. The molecule has 2 aromatic rings. The van der Waals surface area contributed by atoms with Crippen molar-refractivity contribution in [3.05, 3.63) is 29.2 Å². The van der Waals surface area contributed by atoms with Crippen molar-refractivity contribution >= 4 is 28.5 Å². The zero-order chi connectivity index (χ0) is 11.0. The minimum atomic E-state index is -1.08. The third-order valence-electron chi connectivity index (χ3n) is 1.94. The number of fused-ring (bicyclic) bond motifs is 1. The normalized spacial score (nSPS) is 10.8. The van der Waals surface area contributed by atoms with Gasteiger partial charge in [0.1, 0.15) is 17.5 Å². The quantitative estimate of drug-likeness (QED) is 0.854. The molecule has 78 valence electrons. The van der Waals surface area contributed by atoms with Crippen LogP contribution in [0.5, 0.6) is 0 Å². The molecule has 0 saturated heterocycles. The number of carbonyl (C=O) groups is 1. The first-order valence-corrected chi connectivity index (χ1v) is 4.49. The fourth-order valence-corrected chi connectivity index (χ4v) is 1.62. The summed E-state index contributed by atoms with van der Waals surface area (Å²) in [5, 5.41) is 12.6. The summed E-state index contributed by atoms with van der Waals surface area (Å²) in [6.45, 7) is -0.382. The van der Waals surface area contributed by atoms with Crippen molar-refractivity contribution < 1.29 is 14.3 Å². The average Bonchev–Trinajstić information content (AvgIpc) is 2.44. The molecule has 0 fully saturated rings. The molecular formula is C9H6ClFN2O2. The number of aromatic nitrogens is 2. The molecule has 0 aliphatic rings. The van der Waals surface area contributed by atoms with E-state index in [-0.39, 0.29) is 17.1 Å². The minimum absolute atomic E-state index is 0.00509. The summed E-state index contributed by atoms with van der Waals surface area (Å²) in [5.74, 6) is -1.58. The first-order valence-electron chi connectivity index (χ1n) is 4.12. The highest BCUT2D eigenvalue weighted by molar-refractivity contribution is 6.34. The zero-order valence-electron chi connectivity index (χ0n) is 7.44. The van der Waals surface area contributed by atoms with Gasteiger partial charge in [-0.3, -0.25) is 4.79 Å². The van der Waals surface area contributed by atoms with Gasteiger partial charge in [0.05, 0.1) is 10.9 Å². The average molecular weight is 229 g/mol. The van der Waals surface area contributed by atoms with Crippen LogP contribution in [0, 0.1) is 5.82 Å². The Kier molecular flexibility index (Phi) is 2.32. The van der Waals surface area contributed by atoms with Crippen LogP contribution >= 0.6 is 11.6 Å². The van der Waals surface area contributed by atoms with Crippen molar-refractivity contribution in [2.45, 2.75) is 6.54 Å². The Balaban J connectivity index is 2.64. The van der Waals surface area contributed by atoms with E-state index in [2.05, 4.69) is 5.10 Å². The van der Waals surface area contributed by atoms with Crippen molar-refractivity contribution in [2.75, 3.05) is 0 Å². The van der Waals surface area contributed by atoms with E-state index >= 15 is 0 Å². The highest BCUT2D eigenvalue weighted by atomic mass is 35.5. The molecule has 1 heterocycles. The fraction of sp³-hybridized carbons (Fsp3) is 0.111. The summed E-state index contributed by atoms with van der Waals surface area (Å²) < 4.78 is 14.4. The number of rotatable bonds is 2. The van der Waals surface area contributed by atoms with Crippen molar-refractivity contribution in [3.63, 3.8) is 0 Å². The Hall–Kier alpha value is -1.62. The van der Waals surface area contributed by atoms with Gasteiger partial charge in [-0.05, 0) is 12.1 Å². The molecule has 0 saturated carbocycles. The summed E-state index contributed by atoms with van der Waals surface area (Å²) in [5.41, 5.74) is 0.348. The molecule has 0 bridgehead atoms. The Morgan fingerprint density at radius 1 is 1.60 bits per heavy atom. The fourth-order valence-electron chi connectivity index (χ4n) is 1.34. The van der Waals surface area contributed by atoms with Crippen molar-refractivity contribution in [1.29, 1.82) is 0 Å². The lowest BCUT2D eigenvalue weighted by Crippen LogP contribution is -2.09. The Bertz CT molecular complexity index is 538. The molecular weight excluding hydrogens is 223 g/mol. The molecule has 1 aromatic heterocycles. The van der Waals surface area contributed by atoms with Crippen LogP contribution < -0.4 is 0 Å². The van der Waals surface area contributed by atoms with E-state index in [9.17, 15) is 9.18 Å². The van der Waals surface area contributed by atoms with Gasteiger partial charge in [-0.1, -0.05) is 17.7 Å². The largest absolute Gasteiger partial charge is 0.480 e. The van der Waals surface area contributed by atoms with Crippen molar-refractivity contribution in [3.8, 4) is 0 Å². The predicted molar refractivity (Wildman–Crippen MR) is 52.3 cm³/mol. The van der Waals surface area contributed by atoms with Gasteiger partial charge < -0.3 is 5.11 Å². The number of hydrogen-bond acceptors (Lipinski definition) is 2. The number of nitrogens with zero attached hydrogens (tertiary/aromatic N) is 2. The molecule has 0 aliphatic heterocycles. The molecule has 1 aromatic carbocycles. The Morgan fingerprint density at radius 2 is 2.33 bits per heavy atom. The summed E-state index contributed by atoms with van der Waals surface area (Å²) in [7, 11) is 0. The summed E-state index contributed by atoms with van der Waals surface area (Å²) >= 11 is 5.80. The molecule has 2 rings (SSSR count). The second-order valence-corrected chi connectivity index (χ2v) is 3.33. The van der Waals surface area contributed by atoms with E-state index in [0.29, 0.717) is 5.52 Å². The molecule has 0 radical (unpaired) electrons. The standard InChI is InChI=1S/C9H6ClFN2O2/c10-9-8-5(11)2-1-3-6(8)12-13(9)4-7(14)15/h1-3H,4H2,(H,14,15). The molecule has 15 heavy (non-hydrogen) atoms. The highest BCUT2D eigenvalue weighted by Gasteiger charge is 2.14. The molecule has 0 aliphatic carbocycles. The SMILES string of the molecule is O=C(O)Cn1nc2cccc(F)c2c1Cl. The smallest absolute Gasteiger partial charge is 0.325 e. The number of halogens is 2. The van der Waals surface area contributed by atoms with Gasteiger partial charge in [-0.25, -0.2) is 9.07 Å². The van der Waals surface area contributed by atoms with Gasteiger partial charge in [-0.2, -0.15) is 5.10 Å². The lowest BCUT2D eigenvalue weighted by molar-refractivity contribution is -0.137. The predicted octanol–water partition coefficient (Wildman–Crippen LogP) is 1.91. The number of benzene rings is 1. The maximum atomic E-state index is 13.3. The first-order chi connectivity index (χ1) is 7.09. The lowest BCUT2D eigenvalue weighted by Gasteiger charge is -1.96. The van der Waals surface area contributed by atoms with Crippen LogP contribution in [0.4, 0.5) is 4.39 Å². The second-order valence-electron chi connectivity index (χ2n) is 2.98. The van der Waals surface area contributed by atoms with Gasteiger partial charge >= 0.3 is 5.97 Å². The van der Waals surface area contributed by atoms with E-state index in [1.165, 1.54) is 12.1 Å². The molecule has 1 N–H and O–H groups in total. The van der Waals surface area contributed by atoms with E-state index in [0.717, 1.165) is 4.68 Å². The number of carboxylic acid groups (broad SMARTS) is 1.